The Balaban J connectivity index is 1.50. The highest BCUT2D eigenvalue weighted by molar-refractivity contribution is 7.93. The number of sulfone groups is 1. The number of alkyl halides is 8. The number of likely N-dealkylation sites (N-methyl/N-ethyl adjacent to an activating group) is 1. The van der Waals surface area contributed by atoms with Gasteiger partial charge in [0.25, 0.3) is 5.92 Å². The van der Waals surface area contributed by atoms with E-state index in [1.807, 2.05) is 0 Å². The summed E-state index contributed by atoms with van der Waals surface area (Å²) in [6.07, 6.45) is -11.6. The third-order valence-corrected chi connectivity index (χ3v) is 16.2. The van der Waals surface area contributed by atoms with Crippen LogP contribution in [0.5, 0.6) is 0 Å². The topological polar surface area (TPSA) is 244 Å². The Hall–Kier alpha value is -7.00. The Morgan fingerprint density at radius 1 is 0.922 bits per heavy atom. The molecule has 7 rings (SSSR count). The van der Waals surface area contributed by atoms with Crippen LogP contribution in [0.1, 0.15) is 79.0 Å². The lowest BCUT2D eigenvalue weighted by Crippen LogP contribution is -2.51. The van der Waals surface area contributed by atoms with Crippen molar-refractivity contribution in [3.63, 3.8) is 0 Å². The van der Waals surface area contributed by atoms with Crippen LogP contribution in [0.4, 0.5) is 54.5 Å². The number of fused-ring (bicyclic) bond motifs is 4. The molecule has 5 aromatic rings. The first-order valence-electron chi connectivity index (χ1n) is 22.3. The molecule has 0 bridgehead atoms. The number of hydrogen-bond donors (Lipinski definition) is 3. The van der Waals surface area contributed by atoms with Gasteiger partial charge in [-0.25, -0.2) is 40.2 Å². The number of amides is 3. The first-order chi connectivity index (χ1) is 35.3. The summed E-state index contributed by atoms with van der Waals surface area (Å²) in [5.41, 5.74) is -6.61. The average molecular weight is 1160 g/mol. The van der Waals surface area contributed by atoms with Gasteiger partial charge in [-0.15, -0.1) is 0 Å². The van der Waals surface area contributed by atoms with Crippen molar-refractivity contribution in [2.45, 2.75) is 93.6 Å². The summed E-state index contributed by atoms with van der Waals surface area (Å²) in [6, 6.07) is 0.0461. The van der Waals surface area contributed by atoms with Crippen LogP contribution in [-0.4, -0.2) is 117 Å². The van der Waals surface area contributed by atoms with Gasteiger partial charge in [0, 0.05) is 42.0 Å². The van der Waals surface area contributed by atoms with Gasteiger partial charge in [0.15, 0.2) is 21.3 Å². The van der Waals surface area contributed by atoms with Crippen molar-refractivity contribution in [3.8, 4) is 23.0 Å². The number of pyridine rings is 1. The van der Waals surface area contributed by atoms with Crippen LogP contribution in [0.3, 0.4) is 0 Å². The number of carboxylic acids is 2. The maximum atomic E-state index is 15.9. The van der Waals surface area contributed by atoms with E-state index in [1.165, 1.54) is 13.8 Å². The first-order valence-corrected chi connectivity index (χ1v) is 26.5. The molecular weight excluding hydrogens is 1110 g/mol. The van der Waals surface area contributed by atoms with Crippen LogP contribution in [-0.2, 0) is 65.9 Å². The lowest BCUT2D eigenvalue weighted by Gasteiger charge is -2.34. The minimum Gasteiger partial charge on any atom is -0.481 e. The van der Waals surface area contributed by atoms with Gasteiger partial charge < -0.3 is 20.4 Å². The number of aromatic nitrogens is 5. The number of carboxylic acid groups (broad SMARTS) is 2. The summed E-state index contributed by atoms with van der Waals surface area (Å²) in [5.74, 6) is -10.4. The predicted molar refractivity (Wildman–Crippen MR) is 252 cm³/mol. The number of nitrogens with one attached hydrogen (secondary N) is 1. The first kappa shape index (κ1) is 57.7. The molecule has 0 radical (unpaired) electrons. The minimum atomic E-state index is -5.27. The normalized spacial score (nSPS) is 17.1. The van der Waals surface area contributed by atoms with Crippen molar-refractivity contribution in [2.24, 2.45) is 5.92 Å². The molecule has 0 unspecified atom stereocenters. The number of carbonyl (C=O) groups excluding carboxylic acids is 2. The van der Waals surface area contributed by atoms with Gasteiger partial charge in [0.05, 0.1) is 40.3 Å². The van der Waals surface area contributed by atoms with E-state index in [-0.39, 0.29) is 42.7 Å². The van der Waals surface area contributed by atoms with E-state index in [0.29, 0.717) is 19.4 Å². The van der Waals surface area contributed by atoms with Gasteiger partial charge in [-0.2, -0.15) is 49.6 Å². The third kappa shape index (κ3) is 11.5. The zero-order chi connectivity index (χ0) is 57.4. The number of rotatable bonds is 15. The SMILES string of the molecule is CN(C(=O)N(c1nn(CC(F)(F)F)c2c(-c3ccc(C#CC(C)(C)S(C)(=O)=O)nc3[C@H](Cc3cc(F)cc(F)c3)NC(=O)Cn3nc(C(F)(F)F)c4c3C(F)(F)[C@@H]3CC[C@H]43)ccc(Cl)c12)S(C)(=O)=O)[C@@H](CC(=O)O)C(=O)O. The Bertz CT molecular complexity index is 3560. The van der Waals surface area contributed by atoms with Gasteiger partial charge in [0.2, 0.25) is 15.9 Å². The second-order valence-electron chi connectivity index (χ2n) is 18.7. The predicted octanol–water partition coefficient (Wildman–Crippen LogP) is 7.43. The maximum Gasteiger partial charge on any atom is 0.435 e. The van der Waals surface area contributed by atoms with Crippen LogP contribution in [0, 0.1) is 29.4 Å². The Morgan fingerprint density at radius 2 is 1.55 bits per heavy atom. The monoisotopic (exact) mass is 1150 g/mol. The molecule has 3 amide bonds. The highest BCUT2D eigenvalue weighted by Crippen LogP contribution is 2.64. The highest BCUT2D eigenvalue weighted by atomic mass is 35.5. The molecule has 2 aromatic carbocycles. The number of nitrogens with zero attached hydrogens (tertiary/aromatic N) is 7. The summed E-state index contributed by atoms with van der Waals surface area (Å²) in [7, 11) is -8.42. The molecule has 2 aliphatic rings. The summed E-state index contributed by atoms with van der Waals surface area (Å²) >= 11 is 6.61. The van der Waals surface area contributed by atoms with Gasteiger partial charge in [-0.3, -0.25) is 19.0 Å². The number of hydrogen-bond acceptors (Lipinski definition) is 11. The molecule has 3 heterocycles. The second-order valence-corrected chi connectivity index (χ2v) is 23.5. The lowest BCUT2D eigenvalue weighted by atomic mass is 9.73. The fourth-order valence-electron chi connectivity index (χ4n) is 8.99. The molecule has 2 aliphatic carbocycles. The molecule has 414 valence electrons. The lowest BCUT2D eigenvalue weighted by molar-refractivity contribution is -0.148. The Kier molecular flexibility index (Phi) is 15.1. The molecule has 3 N–H and O–H groups in total. The second kappa shape index (κ2) is 20.1. The van der Waals surface area contributed by atoms with E-state index in [1.54, 1.807) is 0 Å². The molecule has 1 fully saturated rings. The van der Waals surface area contributed by atoms with Crippen molar-refractivity contribution < 1.29 is 90.1 Å². The zero-order valence-electron chi connectivity index (χ0n) is 40.4. The molecule has 1 saturated carbocycles. The van der Waals surface area contributed by atoms with Crippen molar-refractivity contribution >= 4 is 72.1 Å². The molecule has 77 heavy (non-hydrogen) atoms. The molecule has 0 spiro atoms. The summed E-state index contributed by atoms with van der Waals surface area (Å²) < 4.78 is 199. The molecule has 0 saturated heterocycles. The van der Waals surface area contributed by atoms with E-state index < -0.39 is 184 Å². The van der Waals surface area contributed by atoms with E-state index >= 15 is 8.78 Å². The van der Waals surface area contributed by atoms with Gasteiger partial charge in [-0.1, -0.05) is 23.6 Å². The van der Waals surface area contributed by atoms with Gasteiger partial charge in [0.1, 0.15) is 46.9 Å². The maximum absolute atomic E-state index is 15.9. The zero-order valence-corrected chi connectivity index (χ0v) is 42.7. The fourth-order valence-corrected chi connectivity index (χ4v) is 10.3. The van der Waals surface area contributed by atoms with Crippen molar-refractivity contribution in [1.82, 2.24) is 34.8 Å². The molecule has 0 aliphatic heterocycles. The van der Waals surface area contributed by atoms with Crippen molar-refractivity contribution in [1.29, 1.82) is 0 Å². The molecule has 31 heteroatoms. The average Bonchev–Trinajstić information content (AvgIpc) is 3.85. The van der Waals surface area contributed by atoms with Gasteiger partial charge in [-0.05, 0) is 80.8 Å². The quantitative estimate of drug-likeness (QED) is 0.0683. The summed E-state index contributed by atoms with van der Waals surface area (Å²) in [6.45, 7) is -1.08. The number of benzene rings is 2. The number of aliphatic carboxylic acids is 2. The van der Waals surface area contributed by atoms with E-state index in [0.717, 1.165) is 42.7 Å². The van der Waals surface area contributed by atoms with Crippen molar-refractivity contribution in [3.05, 3.63) is 93.0 Å². The van der Waals surface area contributed by atoms with Crippen LogP contribution in [0.2, 0.25) is 5.02 Å². The van der Waals surface area contributed by atoms with E-state index in [9.17, 15) is 81.4 Å². The number of urea groups is 1. The smallest absolute Gasteiger partial charge is 0.435 e. The number of carbonyl (C=O) groups is 4. The highest BCUT2D eigenvalue weighted by Gasteiger charge is 2.63. The third-order valence-electron chi connectivity index (χ3n) is 12.9. The number of halogens is 11. The summed E-state index contributed by atoms with van der Waals surface area (Å²) in [4.78, 5) is 56.7. The largest absolute Gasteiger partial charge is 0.481 e. The summed E-state index contributed by atoms with van der Waals surface area (Å²) in [5, 5.41) is 27.3. The number of sulfonamides is 1. The molecule has 3 aromatic heterocycles. The van der Waals surface area contributed by atoms with Gasteiger partial charge >= 0.3 is 30.3 Å². The number of anilines is 1. The van der Waals surface area contributed by atoms with Crippen LogP contribution < -0.4 is 9.62 Å². The van der Waals surface area contributed by atoms with Crippen LogP contribution in [0.15, 0.2) is 42.5 Å². The van der Waals surface area contributed by atoms with E-state index in [2.05, 4.69) is 32.3 Å². The minimum absolute atomic E-state index is 0.0471. The van der Waals surface area contributed by atoms with Crippen LogP contribution >= 0.6 is 11.6 Å². The van der Waals surface area contributed by atoms with Crippen LogP contribution in [0.25, 0.3) is 22.0 Å². The van der Waals surface area contributed by atoms with Crippen molar-refractivity contribution in [2.75, 3.05) is 23.9 Å². The fraction of sp³-hybridized carbons (Fsp3) is 0.413. The molecular formula is C46H41ClF10N8O10S2. The molecule has 18 nitrogen and oxygen atoms in total. The molecule has 4 atom stereocenters. The Morgan fingerprint density at radius 3 is 2.08 bits per heavy atom. The standard InChI is InChI=1S/C46H41ClF10N8O10S2/c1-43(2,76(4,72)73)13-12-24-6-7-25(26-9-11-29(47)35-37(26)64(20-44(50,51)52)61-40(35)65(77(5,74)75)42(71)62(3)31(41(69)70)18-33(67)68)36(58-24)30(16-21-14-22(48)17-23(49)15-21)59-32(66)19-63-39-34(38(60-63)46(55,56)57)27-8-10-28(27)45(39,53)54/h6-7,9,11,14-15,17,27-28,30-31H,8,10,16,18-20H2,1-5H3,(H,59,66)(H,67,68)(H,69,70)/t27-,28+,30-,31-/m0/s1. The Labute approximate surface area is 434 Å². The van der Waals surface area contributed by atoms with E-state index in [4.69, 9.17) is 11.6 Å².